The van der Waals surface area contributed by atoms with Gasteiger partial charge in [0.15, 0.2) is 0 Å². The van der Waals surface area contributed by atoms with E-state index < -0.39 is 5.97 Å². The molecule has 0 saturated heterocycles. The normalized spacial score (nSPS) is 22.4. The lowest BCUT2D eigenvalue weighted by molar-refractivity contribution is -0.137. The maximum Gasteiger partial charge on any atom is 0.303 e. The van der Waals surface area contributed by atoms with E-state index in [9.17, 15) is 4.79 Å². The zero-order chi connectivity index (χ0) is 14.6. The molecule has 2 atom stereocenters. The summed E-state index contributed by atoms with van der Waals surface area (Å²) >= 11 is 0. The molecule has 0 spiro atoms. The van der Waals surface area contributed by atoms with Crippen molar-refractivity contribution < 1.29 is 9.90 Å². The lowest BCUT2D eigenvalue weighted by Crippen LogP contribution is -2.14. The van der Waals surface area contributed by atoms with Crippen LogP contribution in [0.15, 0.2) is 24.3 Å². The number of allylic oxidation sites excluding steroid dienone is 4. The molecule has 2 heteroatoms. The fraction of sp³-hybridized carbons (Fsp3) is 0.722. The maximum absolute atomic E-state index is 10.5. The summed E-state index contributed by atoms with van der Waals surface area (Å²) in [4.78, 5) is 10.5. The maximum atomic E-state index is 10.5. The van der Waals surface area contributed by atoms with E-state index in [4.69, 9.17) is 5.11 Å². The highest BCUT2D eigenvalue weighted by Crippen LogP contribution is 2.31. The molecule has 2 unspecified atom stereocenters. The molecule has 114 valence electrons. The van der Waals surface area contributed by atoms with E-state index in [0.29, 0.717) is 12.3 Å². The van der Waals surface area contributed by atoms with Gasteiger partial charge in [-0.25, -0.2) is 0 Å². The van der Waals surface area contributed by atoms with Crippen molar-refractivity contribution in [1.82, 2.24) is 0 Å². The first-order valence-electron chi connectivity index (χ1n) is 8.27. The van der Waals surface area contributed by atoms with Crippen molar-refractivity contribution in [1.29, 1.82) is 0 Å². The van der Waals surface area contributed by atoms with Gasteiger partial charge < -0.3 is 5.11 Å². The average molecular weight is 278 g/mol. The molecule has 0 radical (unpaired) electrons. The molecule has 0 bridgehead atoms. The van der Waals surface area contributed by atoms with Crippen molar-refractivity contribution in [3.63, 3.8) is 0 Å². The van der Waals surface area contributed by atoms with E-state index >= 15 is 0 Å². The summed E-state index contributed by atoms with van der Waals surface area (Å²) in [6, 6.07) is 0. The Balaban J connectivity index is 2.24. The van der Waals surface area contributed by atoms with Gasteiger partial charge in [-0.3, -0.25) is 4.79 Å². The SMILES string of the molecule is CCCC/C=C\C1CC=CCC1CCCCCC(=O)O. The molecule has 1 aliphatic carbocycles. The average Bonchev–Trinajstić information content (AvgIpc) is 2.44. The van der Waals surface area contributed by atoms with E-state index in [1.807, 2.05) is 0 Å². The highest BCUT2D eigenvalue weighted by molar-refractivity contribution is 5.66. The molecular formula is C18H30O2. The van der Waals surface area contributed by atoms with Crippen LogP contribution in [0.2, 0.25) is 0 Å². The summed E-state index contributed by atoms with van der Waals surface area (Å²) in [5.41, 5.74) is 0. The summed E-state index contributed by atoms with van der Waals surface area (Å²) in [6.07, 6.45) is 20.2. The van der Waals surface area contributed by atoms with Gasteiger partial charge >= 0.3 is 5.97 Å². The Morgan fingerprint density at radius 3 is 2.75 bits per heavy atom. The van der Waals surface area contributed by atoms with Crippen molar-refractivity contribution in [3.8, 4) is 0 Å². The number of hydrogen-bond donors (Lipinski definition) is 1. The first-order valence-corrected chi connectivity index (χ1v) is 8.27. The second-order valence-electron chi connectivity index (χ2n) is 5.93. The summed E-state index contributed by atoms with van der Waals surface area (Å²) in [5, 5.41) is 8.63. The molecule has 1 N–H and O–H groups in total. The Bertz CT molecular complexity index is 317. The van der Waals surface area contributed by atoms with Crippen LogP contribution in [0, 0.1) is 11.8 Å². The van der Waals surface area contributed by atoms with Crippen LogP contribution in [-0.2, 0) is 4.79 Å². The van der Waals surface area contributed by atoms with Gasteiger partial charge in [0.1, 0.15) is 0 Å². The molecule has 0 aliphatic heterocycles. The van der Waals surface area contributed by atoms with Crippen molar-refractivity contribution in [2.75, 3.05) is 0 Å². The first-order chi connectivity index (χ1) is 9.74. The van der Waals surface area contributed by atoms with E-state index in [0.717, 1.165) is 18.8 Å². The second-order valence-corrected chi connectivity index (χ2v) is 5.93. The van der Waals surface area contributed by atoms with Crippen LogP contribution in [0.25, 0.3) is 0 Å². The smallest absolute Gasteiger partial charge is 0.303 e. The van der Waals surface area contributed by atoms with E-state index in [1.165, 1.54) is 44.9 Å². The molecule has 0 aromatic carbocycles. The van der Waals surface area contributed by atoms with Gasteiger partial charge in [0, 0.05) is 6.42 Å². The molecule has 0 aromatic rings. The number of aliphatic carboxylic acids is 1. The van der Waals surface area contributed by atoms with Gasteiger partial charge in [0.05, 0.1) is 0 Å². The monoisotopic (exact) mass is 278 g/mol. The summed E-state index contributed by atoms with van der Waals surface area (Å²) < 4.78 is 0. The number of carboxylic acids is 1. The van der Waals surface area contributed by atoms with Crippen molar-refractivity contribution >= 4 is 5.97 Å². The fourth-order valence-corrected chi connectivity index (χ4v) is 2.91. The van der Waals surface area contributed by atoms with Crippen molar-refractivity contribution in [2.45, 2.75) is 71.1 Å². The zero-order valence-electron chi connectivity index (χ0n) is 12.9. The predicted molar refractivity (Wildman–Crippen MR) is 84.7 cm³/mol. The molecule has 1 aliphatic rings. The van der Waals surface area contributed by atoms with Crippen LogP contribution in [0.3, 0.4) is 0 Å². The molecule has 0 amide bonds. The molecule has 0 saturated carbocycles. The molecule has 0 fully saturated rings. The topological polar surface area (TPSA) is 37.3 Å². The van der Waals surface area contributed by atoms with Crippen molar-refractivity contribution in [3.05, 3.63) is 24.3 Å². The van der Waals surface area contributed by atoms with Crippen LogP contribution < -0.4 is 0 Å². The predicted octanol–water partition coefficient (Wildman–Crippen LogP) is 5.35. The lowest BCUT2D eigenvalue weighted by atomic mass is 9.79. The number of hydrogen-bond acceptors (Lipinski definition) is 1. The van der Waals surface area contributed by atoms with Crippen molar-refractivity contribution in [2.24, 2.45) is 11.8 Å². The number of carboxylic acid groups (broad SMARTS) is 1. The summed E-state index contributed by atoms with van der Waals surface area (Å²) in [5.74, 6) is 0.807. The first kappa shape index (κ1) is 17.0. The number of carbonyl (C=O) groups is 1. The minimum atomic E-state index is -0.665. The fourth-order valence-electron chi connectivity index (χ4n) is 2.91. The third kappa shape index (κ3) is 7.52. The van der Waals surface area contributed by atoms with E-state index in [2.05, 4.69) is 31.2 Å². The molecule has 1 rings (SSSR count). The van der Waals surface area contributed by atoms with Gasteiger partial charge in [0.2, 0.25) is 0 Å². The third-order valence-electron chi connectivity index (χ3n) is 4.19. The Morgan fingerprint density at radius 2 is 2.00 bits per heavy atom. The molecule has 20 heavy (non-hydrogen) atoms. The van der Waals surface area contributed by atoms with Gasteiger partial charge in [-0.05, 0) is 43.9 Å². The third-order valence-corrected chi connectivity index (χ3v) is 4.19. The minimum Gasteiger partial charge on any atom is -0.481 e. The van der Waals surface area contributed by atoms with Gasteiger partial charge in [-0.1, -0.05) is 56.9 Å². The molecular weight excluding hydrogens is 248 g/mol. The van der Waals surface area contributed by atoms with E-state index in [-0.39, 0.29) is 0 Å². The number of rotatable bonds is 10. The van der Waals surface area contributed by atoms with Gasteiger partial charge in [-0.2, -0.15) is 0 Å². The second kappa shape index (κ2) is 10.7. The molecule has 0 heterocycles. The van der Waals surface area contributed by atoms with Crippen LogP contribution in [0.1, 0.15) is 71.1 Å². The Hall–Kier alpha value is -1.05. The van der Waals surface area contributed by atoms with Crippen LogP contribution in [-0.4, -0.2) is 11.1 Å². The quantitative estimate of drug-likeness (QED) is 0.432. The Kier molecular flexibility index (Phi) is 9.10. The number of unbranched alkanes of at least 4 members (excludes halogenated alkanes) is 4. The minimum absolute atomic E-state index is 0.324. The highest BCUT2D eigenvalue weighted by atomic mass is 16.4. The molecule has 0 aromatic heterocycles. The standard InChI is InChI=1S/C18H30O2/c1-2-3-4-6-11-16-13-9-10-14-17(16)12-7-5-8-15-18(19)20/h6,9-11,16-17H,2-5,7-8,12-15H2,1H3,(H,19,20)/b11-6-. The molecule has 2 nitrogen and oxygen atoms in total. The van der Waals surface area contributed by atoms with Crippen LogP contribution in [0.4, 0.5) is 0 Å². The lowest BCUT2D eigenvalue weighted by Gasteiger charge is -2.26. The van der Waals surface area contributed by atoms with Crippen LogP contribution >= 0.6 is 0 Å². The zero-order valence-corrected chi connectivity index (χ0v) is 12.9. The summed E-state index contributed by atoms with van der Waals surface area (Å²) in [6.45, 7) is 2.23. The van der Waals surface area contributed by atoms with Crippen LogP contribution in [0.5, 0.6) is 0 Å². The van der Waals surface area contributed by atoms with Gasteiger partial charge in [-0.15, -0.1) is 0 Å². The largest absolute Gasteiger partial charge is 0.481 e. The van der Waals surface area contributed by atoms with Gasteiger partial charge in [0.25, 0.3) is 0 Å². The summed E-state index contributed by atoms with van der Waals surface area (Å²) in [7, 11) is 0. The highest BCUT2D eigenvalue weighted by Gasteiger charge is 2.19. The Labute approximate surface area is 124 Å². The Morgan fingerprint density at radius 1 is 1.20 bits per heavy atom. The van der Waals surface area contributed by atoms with E-state index in [1.54, 1.807) is 0 Å².